The van der Waals surface area contributed by atoms with Crippen molar-refractivity contribution in [2.24, 2.45) is 29.4 Å². The first kappa shape index (κ1) is 67.2. The molecule has 23 heteroatoms. The second-order valence-corrected chi connectivity index (χ2v) is 22.1. The molecule has 0 spiro atoms. The molecule has 0 aromatic heterocycles. The molecule has 0 saturated carbocycles. The van der Waals surface area contributed by atoms with Crippen LogP contribution in [0, 0.1) is 23.7 Å². The molecule has 2 aliphatic heterocycles. The summed E-state index contributed by atoms with van der Waals surface area (Å²) in [6.07, 6.45) is 10.0. The number of imide groups is 1. The summed E-state index contributed by atoms with van der Waals surface area (Å²) in [5.74, 6) is -4.74. The van der Waals surface area contributed by atoms with Crippen LogP contribution < -0.4 is 32.3 Å². The number of nitrogens with two attached hydrogens (primary N) is 1. The molecule has 0 bridgehead atoms. The van der Waals surface area contributed by atoms with Crippen LogP contribution in [0.3, 0.4) is 0 Å². The molecule has 448 valence electrons. The number of ether oxygens (including phenoxy) is 3. The van der Waals surface area contributed by atoms with Crippen molar-refractivity contribution < 1.29 is 67.3 Å². The van der Waals surface area contributed by atoms with E-state index >= 15 is 0 Å². The molecule has 8 amide bonds. The van der Waals surface area contributed by atoms with Crippen molar-refractivity contribution in [1.82, 2.24) is 36.4 Å². The van der Waals surface area contributed by atoms with Crippen LogP contribution in [0.25, 0.3) is 0 Å². The zero-order chi connectivity index (χ0) is 59.6. The molecule has 0 radical (unpaired) electrons. The highest BCUT2D eigenvalue weighted by atomic mass is 32.2. The third-order valence-electron chi connectivity index (χ3n) is 14.9. The molecule has 1 aliphatic carbocycles. The van der Waals surface area contributed by atoms with Crippen LogP contribution >= 0.6 is 11.8 Å². The predicted molar refractivity (Wildman–Crippen MR) is 304 cm³/mol. The lowest BCUT2D eigenvalue weighted by Gasteiger charge is -2.35. The summed E-state index contributed by atoms with van der Waals surface area (Å²) in [6.45, 7) is 7.27. The molecular weight excluding hydrogens is 1060 g/mol. The van der Waals surface area contributed by atoms with Crippen molar-refractivity contribution in [2.45, 2.75) is 141 Å². The molecule has 1 fully saturated rings. The van der Waals surface area contributed by atoms with Gasteiger partial charge in [0.2, 0.25) is 29.5 Å². The number of methoxy groups -OCH3 is 2. The van der Waals surface area contributed by atoms with Gasteiger partial charge in [-0.15, -0.1) is 11.8 Å². The Kier molecular flexibility index (Phi) is 29.0. The molecule has 8 N–H and O–H groups in total. The molecule has 2 heterocycles. The van der Waals surface area contributed by atoms with Gasteiger partial charge in [-0.1, -0.05) is 75.8 Å². The Labute approximate surface area is 480 Å². The van der Waals surface area contributed by atoms with Crippen molar-refractivity contribution in [3.05, 3.63) is 70.7 Å². The van der Waals surface area contributed by atoms with Crippen LogP contribution in [0.5, 0.6) is 0 Å². The van der Waals surface area contributed by atoms with Gasteiger partial charge in [0.25, 0.3) is 11.8 Å². The van der Waals surface area contributed by atoms with Crippen LogP contribution in [-0.4, -0.2) is 171 Å². The van der Waals surface area contributed by atoms with E-state index in [1.807, 2.05) is 44.2 Å². The number of amides is 8. The number of hydrogen-bond donors (Lipinski definition) is 7. The van der Waals surface area contributed by atoms with Crippen molar-refractivity contribution in [3.8, 4) is 0 Å². The van der Waals surface area contributed by atoms with Gasteiger partial charge in [-0.25, -0.2) is 4.79 Å². The van der Waals surface area contributed by atoms with Crippen molar-refractivity contribution >= 4 is 70.8 Å². The molecular formula is C58H86N8O14S. The van der Waals surface area contributed by atoms with Crippen LogP contribution in [0.2, 0.25) is 0 Å². The van der Waals surface area contributed by atoms with Gasteiger partial charge in [-0.3, -0.25) is 48.1 Å². The number of alkyl carbamates (subject to hydrolysis) is 1. The molecule has 1 aromatic rings. The van der Waals surface area contributed by atoms with Crippen LogP contribution in [0.4, 0.5) is 4.79 Å². The molecule has 9 atom stereocenters. The van der Waals surface area contributed by atoms with E-state index in [9.17, 15) is 53.1 Å². The Morgan fingerprint density at radius 1 is 0.864 bits per heavy atom. The smallest absolute Gasteiger partial charge is 0.407 e. The number of benzene rings is 1. The van der Waals surface area contributed by atoms with Gasteiger partial charge in [0.1, 0.15) is 12.3 Å². The second kappa shape index (κ2) is 34.9. The Bertz CT molecular complexity index is 2420. The molecule has 3 aliphatic rings. The average molecular weight is 1150 g/mol. The molecule has 2 unspecified atom stereocenters. The van der Waals surface area contributed by atoms with Crippen molar-refractivity contribution in [1.29, 1.82) is 0 Å². The first-order valence-electron chi connectivity index (χ1n) is 28.1. The topological polar surface area (TPSA) is 311 Å². The average Bonchev–Trinajstić information content (AvgIpc) is 4.21. The minimum absolute atomic E-state index is 0.0163. The molecule has 81 heavy (non-hydrogen) atoms. The summed E-state index contributed by atoms with van der Waals surface area (Å²) >= 11 is 1.23. The number of likely N-dealkylation sites (tertiary alicyclic amines) is 1. The van der Waals surface area contributed by atoms with Gasteiger partial charge < -0.3 is 56.5 Å². The van der Waals surface area contributed by atoms with Crippen molar-refractivity contribution in [2.75, 3.05) is 66.4 Å². The highest BCUT2D eigenvalue weighted by molar-refractivity contribution is 8.03. The van der Waals surface area contributed by atoms with E-state index in [-0.39, 0.29) is 98.3 Å². The van der Waals surface area contributed by atoms with E-state index in [0.717, 1.165) is 5.57 Å². The standard InChI is InChI=1S/C58H86N8O14S/c1-36(2)44(29-42(67)18-12-9-13-26-66-52(72)31-48(81-7)57(66)76)56(75)64-45(19-14-25-59)47(68)28-39-21-23-40(24-22-39)35-80-58(77)62-34-50(70)61-33-49(69)60-32-43(78-5)30-51(71)65-27-15-20-46(65)54(79-6)37(3)55(74)63-38(4)53(73)41-16-10-8-11-17-41/h8,10-11,16-17,21-23,31,36-38,40,43-46,53-54,73H,9,12-15,18-20,24-30,32-35,59H2,1-7H3,(H,60,69)(H,61,70)(H,62,77)(H,63,74)(H,64,75)/t37-,38-,40?,43?,44+,45+,46+,53-,54-/m1/s1. The maximum Gasteiger partial charge on any atom is 0.407 e. The third kappa shape index (κ3) is 21.9. The molecule has 22 nitrogen and oxygen atoms in total. The van der Waals surface area contributed by atoms with E-state index in [1.54, 1.807) is 43.2 Å². The SMILES string of the molecule is COC(CNC(=O)CNC(=O)CNC(=O)OCC1C=CC(CC(=O)[C@H](CCCN)NC(=O)[C@@H](CC(=O)CCCCCN2C(=O)C=C(SC)C2=O)C(C)C)=CC1)CC(=O)N1CCC[C@H]1[C@H](OC)[C@@H](C)C(=O)N[C@H](C)[C@@H](O)c1ccccc1. The molecule has 1 saturated heterocycles. The van der Waals surface area contributed by atoms with Gasteiger partial charge >= 0.3 is 6.09 Å². The number of aliphatic hydroxyl groups is 1. The number of unbranched alkanes of at least 4 members (excludes halogenated alkanes) is 2. The number of nitrogens with zero attached hydrogens (tertiary/aromatic N) is 2. The summed E-state index contributed by atoms with van der Waals surface area (Å²) in [6, 6.07) is 7.24. The van der Waals surface area contributed by atoms with Gasteiger partial charge in [0.15, 0.2) is 5.78 Å². The predicted octanol–water partition coefficient (Wildman–Crippen LogP) is 3.32. The van der Waals surface area contributed by atoms with Crippen molar-refractivity contribution in [3.63, 3.8) is 0 Å². The first-order chi connectivity index (χ1) is 38.7. The quantitative estimate of drug-likeness (QED) is 0.0374. The number of nitrogens with one attached hydrogen (secondary N) is 5. The number of allylic oxidation sites excluding steroid dienone is 3. The first-order valence-corrected chi connectivity index (χ1v) is 29.3. The molecule has 4 rings (SSSR count). The minimum Gasteiger partial charge on any atom is -0.449 e. The maximum absolute atomic E-state index is 13.6. The monoisotopic (exact) mass is 1150 g/mol. The number of aliphatic hydroxyl groups excluding tert-OH is 1. The Hall–Kier alpha value is -6.27. The van der Waals surface area contributed by atoms with E-state index in [0.29, 0.717) is 74.9 Å². The zero-order valence-corrected chi connectivity index (χ0v) is 48.9. The normalized spacial score (nSPS) is 18.6. The maximum atomic E-state index is 13.6. The van der Waals surface area contributed by atoms with Gasteiger partial charge in [0.05, 0.1) is 66.8 Å². The van der Waals surface area contributed by atoms with E-state index in [4.69, 9.17) is 19.9 Å². The van der Waals surface area contributed by atoms with Crippen LogP contribution in [0.1, 0.15) is 116 Å². The number of carbonyl (C=O) groups is 10. The van der Waals surface area contributed by atoms with Gasteiger partial charge in [0, 0.05) is 71.0 Å². The minimum atomic E-state index is -0.916. The number of rotatable bonds is 36. The fourth-order valence-corrected chi connectivity index (χ4v) is 10.4. The summed E-state index contributed by atoms with van der Waals surface area (Å²) < 4.78 is 16.6. The highest BCUT2D eigenvalue weighted by Crippen LogP contribution is 2.29. The Balaban J connectivity index is 1.11. The zero-order valence-electron chi connectivity index (χ0n) is 48.0. The lowest BCUT2D eigenvalue weighted by Crippen LogP contribution is -2.51. The lowest BCUT2D eigenvalue weighted by molar-refractivity contribution is -0.142. The highest BCUT2D eigenvalue weighted by Gasteiger charge is 2.41. The number of thioether (sulfide) groups is 1. The Morgan fingerprint density at radius 2 is 1.58 bits per heavy atom. The van der Waals surface area contributed by atoms with Crippen LogP contribution in [-0.2, 0) is 57.4 Å². The fourth-order valence-electron chi connectivity index (χ4n) is 9.92. The van der Waals surface area contributed by atoms with Crippen LogP contribution in [0.15, 0.2) is 65.1 Å². The lowest BCUT2D eigenvalue weighted by atomic mass is 9.87. The number of hydrogen-bond acceptors (Lipinski definition) is 16. The van der Waals surface area contributed by atoms with E-state index in [2.05, 4.69) is 26.6 Å². The molecule has 1 aromatic carbocycles. The largest absolute Gasteiger partial charge is 0.449 e. The second-order valence-electron chi connectivity index (χ2n) is 21.2. The summed E-state index contributed by atoms with van der Waals surface area (Å²) in [4.78, 5) is 133. The fraction of sp³-hybridized carbons (Fsp3) is 0.621. The Morgan fingerprint density at radius 3 is 2.22 bits per heavy atom. The summed E-state index contributed by atoms with van der Waals surface area (Å²) in [5, 5.41) is 24.0. The van der Waals surface area contributed by atoms with Gasteiger partial charge in [-0.05, 0) is 81.7 Å². The third-order valence-corrected chi connectivity index (χ3v) is 15.6. The summed E-state index contributed by atoms with van der Waals surface area (Å²) in [7, 11) is 2.91. The van der Waals surface area contributed by atoms with E-state index < -0.39 is 79.3 Å². The van der Waals surface area contributed by atoms with E-state index in [1.165, 1.54) is 37.0 Å². The summed E-state index contributed by atoms with van der Waals surface area (Å²) in [5.41, 5.74) is 7.17. The van der Waals surface area contributed by atoms with Gasteiger partial charge in [-0.2, -0.15) is 0 Å². The number of ketones is 2. The number of carbonyl (C=O) groups excluding carboxylic acids is 10. The number of Topliss-reactive ketones (excluding diaryl/α,β-unsaturated/α-hetero) is 2.